The molecule has 5 nitrogen and oxygen atoms in total. The molecule has 0 saturated heterocycles. The van der Waals surface area contributed by atoms with Gasteiger partial charge in [0.25, 0.3) is 0 Å². The highest BCUT2D eigenvalue weighted by atomic mass is 19.1. The van der Waals surface area contributed by atoms with Crippen LogP contribution in [-0.2, 0) is 4.74 Å². The van der Waals surface area contributed by atoms with Crippen LogP contribution in [0, 0.1) is 5.82 Å². The highest BCUT2D eigenvalue weighted by molar-refractivity contribution is 6.58. The topological polar surface area (TPSA) is 70.0 Å². The maximum atomic E-state index is 13.8. The molecule has 1 amide bonds. The van der Waals surface area contributed by atoms with Crippen LogP contribution in [0.5, 0.6) is 0 Å². The standard InChI is InChI=1S/C14H21BFNO4/c1-5-8-17(13(18)21-14(2,3)4)10-6-7-11(15(19)20)12(16)9-10/h6-7,9,19-20H,5,8H2,1-4H3. The average Bonchev–Trinajstić information content (AvgIpc) is 2.33. The summed E-state index contributed by atoms with van der Waals surface area (Å²) in [5.74, 6) is -0.785. The Kier molecular flexibility index (Phi) is 5.74. The lowest BCUT2D eigenvalue weighted by atomic mass is 9.80. The second-order valence-corrected chi connectivity index (χ2v) is 5.71. The minimum Gasteiger partial charge on any atom is -0.443 e. The lowest BCUT2D eigenvalue weighted by Crippen LogP contribution is -2.38. The van der Waals surface area contributed by atoms with E-state index in [0.717, 1.165) is 6.07 Å². The summed E-state index contributed by atoms with van der Waals surface area (Å²) in [7, 11) is -1.89. The summed E-state index contributed by atoms with van der Waals surface area (Å²) < 4.78 is 19.1. The number of carbonyl (C=O) groups excluding carboxylic acids is 1. The van der Waals surface area contributed by atoms with E-state index in [1.807, 2.05) is 6.92 Å². The highest BCUT2D eigenvalue weighted by Crippen LogP contribution is 2.19. The van der Waals surface area contributed by atoms with Crippen molar-refractivity contribution in [2.75, 3.05) is 11.4 Å². The van der Waals surface area contributed by atoms with Crippen LogP contribution in [0.1, 0.15) is 34.1 Å². The average molecular weight is 297 g/mol. The first-order chi connectivity index (χ1) is 9.65. The molecule has 0 aliphatic heterocycles. The van der Waals surface area contributed by atoms with Crippen LogP contribution in [-0.4, -0.2) is 35.4 Å². The Labute approximate surface area is 124 Å². The Hall–Kier alpha value is -1.60. The van der Waals surface area contributed by atoms with Crippen molar-refractivity contribution in [2.45, 2.75) is 39.7 Å². The molecule has 1 rings (SSSR count). The van der Waals surface area contributed by atoms with Crippen molar-refractivity contribution < 1.29 is 24.0 Å². The lowest BCUT2D eigenvalue weighted by Gasteiger charge is -2.27. The third-order valence-electron chi connectivity index (χ3n) is 2.63. The zero-order chi connectivity index (χ0) is 16.2. The fourth-order valence-corrected chi connectivity index (χ4v) is 1.76. The first kappa shape index (κ1) is 17.5. The number of carbonyl (C=O) groups is 1. The number of amides is 1. The number of benzene rings is 1. The van der Waals surface area contributed by atoms with E-state index in [9.17, 15) is 9.18 Å². The van der Waals surface area contributed by atoms with E-state index in [4.69, 9.17) is 14.8 Å². The number of hydrogen-bond donors (Lipinski definition) is 2. The Morgan fingerprint density at radius 2 is 2.00 bits per heavy atom. The zero-order valence-corrected chi connectivity index (χ0v) is 12.8. The molecular weight excluding hydrogens is 276 g/mol. The number of rotatable bonds is 4. The van der Waals surface area contributed by atoms with Gasteiger partial charge in [-0.2, -0.15) is 0 Å². The highest BCUT2D eigenvalue weighted by Gasteiger charge is 2.24. The molecule has 2 N–H and O–H groups in total. The van der Waals surface area contributed by atoms with Gasteiger partial charge in [-0.1, -0.05) is 13.0 Å². The number of anilines is 1. The van der Waals surface area contributed by atoms with Crippen molar-refractivity contribution in [3.8, 4) is 0 Å². The molecule has 0 aliphatic carbocycles. The van der Waals surface area contributed by atoms with E-state index < -0.39 is 24.6 Å². The van der Waals surface area contributed by atoms with Gasteiger partial charge in [-0.3, -0.25) is 4.90 Å². The molecule has 0 fully saturated rings. The second kappa shape index (κ2) is 6.91. The molecule has 0 bridgehead atoms. The Morgan fingerprint density at radius 3 is 2.43 bits per heavy atom. The van der Waals surface area contributed by atoms with E-state index in [1.165, 1.54) is 17.0 Å². The second-order valence-electron chi connectivity index (χ2n) is 5.71. The van der Waals surface area contributed by atoms with Gasteiger partial charge in [0.1, 0.15) is 11.4 Å². The van der Waals surface area contributed by atoms with Crippen LogP contribution in [0.2, 0.25) is 0 Å². The van der Waals surface area contributed by atoms with Crippen molar-refractivity contribution >= 4 is 24.4 Å². The van der Waals surface area contributed by atoms with Gasteiger partial charge >= 0.3 is 13.2 Å². The number of hydrogen-bond acceptors (Lipinski definition) is 4. The quantitative estimate of drug-likeness (QED) is 0.829. The molecular formula is C14H21BFNO4. The zero-order valence-electron chi connectivity index (χ0n) is 12.8. The van der Waals surface area contributed by atoms with Crippen LogP contribution in [0.3, 0.4) is 0 Å². The number of halogens is 1. The largest absolute Gasteiger partial charge is 0.491 e. The molecule has 21 heavy (non-hydrogen) atoms. The van der Waals surface area contributed by atoms with Crippen LogP contribution < -0.4 is 10.4 Å². The summed E-state index contributed by atoms with van der Waals surface area (Å²) in [5, 5.41) is 18.0. The predicted octanol–water partition coefficient (Wildman–Crippen LogP) is 1.66. The molecule has 116 valence electrons. The minimum atomic E-state index is -1.89. The molecule has 1 aromatic rings. The third-order valence-corrected chi connectivity index (χ3v) is 2.63. The summed E-state index contributed by atoms with van der Waals surface area (Å²) in [6, 6.07) is 3.79. The molecule has 7 heteroatoms. The summed E-state index contributed by atoms with van der Waals surface area (Å²) in [4.78, 5) is 13.5. The van der Waals surface area contributed by atoms with Gasteiger partial charge in [0.15, 0.2) is 0 Å². The van der Waals surface area contributed by atoms with E-state index in [1.54, 1.807) is 20.8 Å². The number of nitrogens with zero attached hydrogens (tertiary/aromatic N) is 1. The van der Waals surface area contributed by atoms with Gasteiger partial charge in [0, 0.05) is 17.7 Å². The van der Waals surface area contributed by atoms with Crippen LogP contribution in [0.4, 0.5) is 14.9 Å². The van der Waals surface area contributed by atoms with Crippen LogP contribution in [0.15, 0.2) is 18.2 Å². The van der Waals surface area contributed by atoms with Crippen molar-refractivity contribution in [3.63, 3.8) is 0 Å². The van der Waals surface area contributed by atoms with Gasteiger partial charge in [-0.25, -0.2) is 9.18 Å². The Morgan fingerprint density at radius 1 is 1.38 bits per heavy atom. The number of ether oxygens (including phenoxy) is 1. The molecule has 0 radical (unpaired) electrons. The first-order valence-corrected chi connectivity index (χ1v) is 6.82. The van der Waals surface area contributed by atoms with E-state index in [-0.39, 0.29) is 5.46 Å². The van der Waals surface area contributed by atoms with Crippen molar-refractivity contribution in [2.24, 2.45) is 0 Å². The summed E-state index contributed by atoms with van der Waals surface area (Å²) in [5.41, 5.74) is -0.574. The first-order valence-electron chi connectivity index (χ1n) is 6.82. The van der Waals surface area contributed by atoms with E-state index >= 15 is 0 Å². The van der Waals surface area contributed by atoms with Gasteiger partial charge in [0.05, 0.1) is 0 Å². The van der Waals surface area contributed by atoms with Crippen LogP contribution in [0.25, 0.3) is 0 Å². The predicted molar refractivity (Wildman–Crippen MR) is 80.1 cm³/mol. The smallest absolute Gasteiger partial charge is 0.443 e. The van der Waals surface area contributed by atoms with Gasteiger partial charge < -0.3 is 14.8 Å². The van der Waals surface area contributed by atoms with Crippen molar-refractivity contribution in [3.05, 3.63) is 24.0 Å². The Bertz CT molecular complexity index is 502. The van der Waals surface area contributed by atoms with Crippen molar-refractivity contribution in [1.29, 1.82) is 0 Å². The molecule has 0 spiro atoms. The minimum absolute atomic E-state index is 0.237. The Balaban J connectivity index is 3.06. The van der Waals surface area contributed by atoms with Gasteiger partial charge in [0.2, 0.25) is 0 Å². The summed E-state index contributed by atoms with van der Waals surface area (Å²) in [6.07, 6.45) is 0.103. The van der Waals surface area contributed by atoms with Crippen LogP contribution >= 0.6 is 0 Å². The summed E-state index contributed by atoms with van der Waals surface area (Å²) in [6.45, 7) is 7.51. The van der Waals surface area contributed by atoms with E-state index in [0.29, 0.717) is 18.7 Å². The monoisotopic (exact) mass is 297 g/mol. The lowest BCUT2D eigenvalue weighted by molar-refractivity contribution is 0.0580. The maximum absolute atomic E-state index is 13.8. The fraction of sp³-hybridized carbons (Fsp3) is 0.500. The molecule has 0 atom stereocenters. The SMILES string of the molecule is CCCN(C(=O)OC(C)(C)C)c1ccc(B(O)O)c(F)c1. The third kappa shape index (κ3) is 5.02. The molecule has 0 aromatic heterocycles. The van der Waals surface area contributed by atoms with Gasteiger partial charge in [-0.15, -0.1) is 0 Å². The van der Waals surface area contributed by atoms with Crippen molar-refractivity contribution in [1.82, 2.24) is 0 Å². The van der Waals surface area contributed by atoms with Gasteiger partial charge in [-0.05, 0) is 39.3 Å². The molecule has 1 aromatic carbocycles. The molecule has 0 unspecified atom stereocenters. The normalized spacial score (nSPS) is 11.2. The summed E-state index contributed by atoms with van der Waals surface area (Å²) >= 11 is 0. The van der Waals surface area contributed by atoms with E-state index in [2.05, 4.69) is 0 Å². The molecule has 0 aliphatic rings. The molecule has 0 heterocycles. The molecule has 0 saturated carbocycles. The maximum Gasteiger partial charge on any atom is 0.491 e. The fourth-order valence-electron chi connectivity index (χ4n) is 1.76.